The van der Waals surface area contributed by atoms with Crippen molar-refractivity contribution in [3.05, 3.63) is 35.1 Å². The second-order valence-corrected chi connectivity index (χ2v) is 6.33. The Morgan fingerprint density at radius 1 is 1.25 bits per heavy atom. The van der Waals surface area contributed by atoms with Gasteiger partial charge in [-0.25, -0.2) is 4.39 Å². The number of alkyl halides is 3. The first-order chi connectivity index (χ1) is 9.47. The lowest BCUT2D eigenvalue weighted by atomic mass is 10.1. The van der Waals surface area contributed by atoms with Gasteiger partial charge in [0.15, 0.2) is 0 Å². The molecular formula is C14H17F4NS. The predicted molar refractivity (Wildman–Crippen MR) is 73.2 cm³/mol. The lowest BCUT2D eigenvalue weighted by Gasteiger charge is -2.22. The average Bonchev–Trinajstić information content (AvgIpc) is 2.40. The lowest BCUT2D eigenvalue weighted by molar-refractivity contribution is -0.138. The zero-order chi connectivity index (χ0) is 14.6. The Labute approximate surface area is 120 Å². The van der Waals surface area contributed by atoms with Gasteiger partial charge in [0.25, 0.3) is 0 Å². The van der Waals surface area contributed by atoms with Crippen molar-refractivity contribution in [1.29, 1.82) is 0 Å². The molecule has 1 atom stereocenters. The molecule has 2 rings (SSSR count). The molecule has 20 heavy (non-hydrogen) atoms. The number of hydrogen-bond acceptors (Lipinski definition) is 2. The second-order valence-electron chi connectivity index (χ2n) is 4.92. The SMILES string of the molecule is Fc1ccc(CNCC2CCCCS2)c(C(F)(F)F)c1. The average molecular weight is 307 g/mol. The fourth-order valence-electron chi connectivity index (χ4n) is 2.30. The van der Waals surface area contributed by atoms with Crippen molar-refractivity contribution in [2.24, 2.45) is 0 Å². The summed E-state index contributed by atoms with van der Waals surface area (Å²) >= 11 is 1.87. The van der Waals surface area contributed by atoms with Crippen molar-refractivity contribution in [2.45, 2.75) is 37.2 Å². The van der Waals surface area contributed by atoms with E-state index in [9.17, 15) is 17.6 Å². The van der Waals surface area contributed by atoms with Crippen LogP contribution >= 0.6 is 11.8 Å². The van der Waals surface area contributed by atoms with Crippen molar-refractivity contribution in [1.82, 2.24) is 5.32 Å². The first-order valence-electron chi connectivity index (χ1n) is 6.65. The monoisotopic (exact) mass is 307 g/mol. The van der Waals surface area contributed by atoms with E-state index in [0.717, 1.165) is 18.2 Å². The maximum atomic E-state index is 13.0. The van der Waals surface area contributed by atoms with Crippen LogP contribution in [0.4, 0.5) is 17.6 Å². The van der Waals surface area contributed by atoms with Crippen LogP contribution in [-0.4, -0.2) is 17.5 Å². The van der Waals surface area contributed by atoms with Crippen molar-refractivity contribution in [2.75, 3.05) is 12.3 Å². The molecule has 1 aromatic carbocycles. The Hall–Kier alpha value is -0.750. The highest BCUT2D eigenvalue weighted by molar-refractivity contribution is 7.99. The van der Waals surface area contributed by atoms with Gasteiger partial charge in [0.05, 0.1) is 5.56 Å². The topological polar surface area (TPSA) is 12.0 Å². The van der Waals surface area contributed by atoms with Crippen LogP contribution in [0.25, 0.3) is 0 Å². The maximum Gasteiger partial charge on any atom is 0.416 e. The molecule has 1 heterocycles. The molecule has 112 valence electrons. The molecule has 0 bridgehead atoms. The molecule has 0 amide bonds. The predicted octanol–water partition coefficient (Wildman–Crippen LogP) is 4.22. The van der Waals surface area contributed by atoms with Crippen LogP contribution in [0.1, 0.15) is 30.4 Å². The van der Waals surface area contributed by atoms with E-state index in [0.29, 0.717) is 17.9 Å². The van der Waals surface area contributed by atoms with Gasteiger partial charge in [0, 0.05) is 18.3 Å². The Balaban J connectivity index is 1.95. The molecule has 1 saturated heterocycles. The van der Waals surface area contributed by atoms with Gasteiger partial charge in [0.1, 0.15) is 5.82 Å². The molecule has 0 saturated carbocycles. The maximum absolute atomic E-state index is 13.0. The van der Waals surface area contributed by atoms with Crippen molar-refractivity contribution < 1.29 is 17.6 Å². The first-order valence-corrected chi connectivity index (χ1v) is 7.69. The molecule has 0 aliphatic carbocycles. The van der Waals surface area contributed by atoms with Gasteiger partial charge in [-0.2, -0.15) is 24.9 Å². The number of nitrogens with one attached hydrogen (secondary N) is 1. The minimum absolute atomic E-state index is 0.0970. The van der Waals surface area contributed by atoms with E-state index in [4.69, 9.17) is 0 Å². The highest BCUT2D eigenvalue weighted by Crippen LogP contribution is 2.32. The molecule has 1 aliphatic heterocycles. The molecule has 1 N–H and O–H groups in total. The Bertz CT molecular complexity index is 441. The Morgan fingerprint density at radius 3 is 2.70 bits per heavy atom. The molecule has 0 aromatic heterocycles. The van der Waals surface area contributed by atoms with Crippen molar-refractivity contribution >= 4 is 11.8 Å². The zero-order valence-electron chi connectivity index (χ0n) is 11.0. The van der Waals surface area contributed by atoms with Crippen LogP contribution in [0.5, 0.6) is 0 Å². The summed E-state index contributed by atoms with van der Waals surface area (Å²) in [6.07, 6.45) is -1.01. The van der Waals surface area contributed by atoms with Crippen molar-refractivity contribution in [3.63, 3.8) is 0 Å². The van der Waals surface area contributed by atoms with Gasteiger partial charge < -0.3 is 5.32 Å². The van der Waals surface area contributed by atoms with Crippen LogP contribution in [0.2, 0.25) is 0 Å². The molecule has 1 aromatic rings. The molecule has 0 spiro atoms. The number of benzene rings is 1. The fraction of sp³-hybridized carbons (Fsp3) is 0.571. The van der Waals surface area contributed by atoms with E-state index in [1.54, 1.807) is 0 Å². The summed E-state index contributed by atoms with van der Waals surface area (Å²) in [5.41, 5.74) is -0.791. The number of thioether (sulfide) groups is 1. The molecule has 1 nitrogen and oxygen atoms in total. The minimum atomic E-state index is -4.52. The van der Waals surface area contributed by atoms with Crippen molar-refractivity contribution in [3.8, 4) is 0 Å². The van der Waals surface area contributed by atoms with E-state index >= 15 is 0 Å². The number of halogens is 4. The van der Waals surface area contributed by atoms with Gasteiger partial charge in [-0.15, -0.1) is 0 Å². The molecule has 0 radical (unpaired) electrons. The summed E-state index contributed by atoms with van der Waals surface area (Å²) in [6, 6.07) is 2.84. The van der Waals surface area contributed by atoms with E-state index in [1.165, 1.54) is 18.9 Å². The number of hydrogen-bond donors (Lipinski definition) is 1. The normalized spacial score (nSPS) is 20.1. The van der Waals surface area contributed by atoms with Gasteiger partial charge in [-0.1, -0.05) is 12.5 Å². The third-order valence-corrected chi connectivity index (χ3v) is 4.74. The molecule has 6 heteroatoms. The summed E-state index contributed by atoms with van der Waals surface area (Å²) in [5, 5.41) is 3.53. The van der Waals surface area contributed by atoms with Crippen LogP contribution < -0.4 is 5.32 Å². The highest BCUT2D eigenvalue weighted by atomic mass is 32.2. The number of rotatable bonds is 4. The molecule has 1 unspecified atom stereocenters. The van der Waals surface area contributed by atoms with Gasteiger partial charge in [0.2, 0.25) is 0 Å². The summed E-state index contributed by atoms with van der Waals surface area (Å²) in [6.45, 7) is 0.811. The summed E-state index contributed by atoms with van der Waals surface area (Å²) < 4.78 is 51.4. The Kier molecular flexibility index (Phi) is 5.32. The highest BCUT2D eigenvalue weighted by Gasteiger charge is 2.33. The summed E-state index contributed by atoms with van der Waals surface area (Å²) in [7, 11) is 0. The van der Waals surface area contributed by atoms with E-state index in [1.807, 2.05) is 11.8 Å². The van der Waals surface area contributed by atoms with Gasteiger partial charge in [-0.05, 0) is 36.3 Å². The largest absolute Gasteiger partial charge is 0.416 e. The summed E-state index contributed by atoms with van der Waals surface area (Å²) in [5.74, 6) is 0.264. The fourth-order valence-corrected chi connectivity index (χ4v) is 3.58. The van der Waals surface area contributed by atoms with Gasteiger partial charge in [-0.3, -0.25) is 0 Å². The van der Waals surface area contributed by atoms with Gasteiger partial charge >= 0.3 is 6.18 Å². The van der Waals surface area contributed by atoms with E-state index < -0.39 is 17.6 Å². The molecule has 1 aliphatic rings. The quantitative estimate of drug-likeness (QED) is 0.836. The Morgan fingerprint density at radius 2 is 2.05 bits per heavy atom. The second kappa shape index (κ2) is 6.80. The third kappa shape index (κ3) is 4.38. The summed E-state index contributed by atoms with van der Waals surface area (Å²) in [4.78, 5) is 0. The van der Waals surface area contributed by atoms with E-state index in [2.05, 4.69) is 5.32 Å². The molecule has 1 fully saturated rings. The lowest BCUT2D eigenvalue weighted by Crippen LogP contribution is -2.27. The first kappa shape index (κ1) is 15.6. The third-order valence-electron chi connectivity index (χ3n) is 3.34. The standard InChI is InChI=1S/C14H17F4NS/c15-11-5-4-10(13(7-11)14(16,17)18)8-19-9-12-3-1-2-6-20-12/h4-5,7,12,19H,1-3,6,8-9H2. The molecular weight excluding hydrogens is 290 g/mol. The minimum Gasteiger partial charge on any atom is -0.312 e. The van der Waals surface area contributed by atoms with Crippen LogP contribution in [0.15, 0.2) is 18.2 Å². The smallest absolute Gasteiger partial charge is 0.312 e. The zero-order valence-corrected chi connectivity index (χ0v) is 11.8. The van der Waals surface area contributed by atoms with Crippen LogP contribution in [0.3, 0.4) is 0 Å². The van der Waals surface area contributed by atoms with Crippen LogP contribution in [0, 0.1) is 5.82 Å². The van der Waals surface area contributed by atoms with E-state index in [-0.39, 0.29) is 12.1 Å². The van der Waals surface area contributed by atoms with Crippen LogP contribution in [-0.2, 0) is 12.7 Å².